The number of benzene rings is 2. The molecule has 0 unspecified atom stereocenters. The summed E-state index contributed by atoms with van der Waals surface area (Å²) in [5, 5.41) is 4.78. The molecule has 0 aliphatic rings. The fraction of sp³-hybridized carbons (Fsp3) is 0.0526. The molecular weight excluding hydrogens is 288 g/mol. The van der Waals surface area contributed by atoms with E-state index in [0.717, 1.165) is 21.9 Å². The van der Waals surface area contributed by atoms with Gasteiger partial charge < -0.3 is 9.73 Å². The van der Waals surface area contributed by atoms with E-state index in [2.05, 4.69) is 10.3 Å². The number of hydrogen-bond donors (Lipinski definition) is 1. The lowest BCUT2D eigenvalue weighted by Gasteiger charge is -2.06. The van der Waals surface area contributed by atoms with Crippen molar-refractivity contribution in [2.45, 2.75) is 6.92 Å². The second-order valence-corrected chi connectivity index (χ2v) is 5.49. The molecule has 112 valence electrons. The van der Waals surface area contributed by atoms with Crippen molar-refractivity contribution in [3.8, 4) is 0 Å². The molecule has 2 aromatic heterocycles. The third kappa shape index (κ3) is 2.44. The Hall–Kier alpha value is -3.14. The Balaban J connectivity index is 1.70. The van der Waals surface area contributed by atoms with Crippen LogP contribution in [0.5, 0.6) is 0 Å². The van der Waals surface area contributed by atoms with Gasteiger partial charge in [-0.15, -0.1) is 0 Å². The maximum atomic E-state index is 12.5. The number of carbonyl (C=O) groups excluding carboxylic acids is 1. The number of rotatable bonds is 2. The van der Waals surface area contributed by atoms with Crippen molar-refractivity contribution in [1.82, 2.24) is 4.98 Å². The first-order valence-corrected chi connectivity index (χ1v) is 7.36. The number of hydrogen-bond acceptors (Lipinski definition) is 3. The Morgan fingerprint density at radius 2 is 1.91 bits per heavy atom. The van der Waals surface area contributed by atoms with Gasteiger partial charge in [0.1, 0.15) is 5.58 Å². The summed E-state index contributed by atoms with van der Waals surface area (Å²) < 4.78 is 5.64. The van der Waals surface area contributed by atoms with Crippen LogP contribution in [0.1, 0.15) is 16.1 Å². The van der Waals surface area contributed by atoms with Crippen LogP contribution in [0.4, 0.5) is 5.69 Å². The Morgan fingerprint density at radius 1 is 1.04 bits per heavy atom. The van der Waals surface area contributed by atoms with Crippen molar-refractivity contribution in [1.29, 1.82) is 0 Å². The van der Waals surface area contributed by atoms with Gasteiger partial charge in [0.25, 0.3) is 5.91 Å². The van der Waals surface area contributed by atoms with Gasteiger partial charge in [0.05, 0.1) is 11.2 Å². The zero-order chi connectivity index (χ0) is 15.8. The van der Waals surface area contributed by atoms with Gasteiger partial charge in [-0.05, 0) is 37.3 Å². The number of pyridine rings is 1. The molecule has 4 aromatic rings. The Labute approximate surface area is 132 Å². The number of fused-ring (bicyclic) bond motifs is 2. The number of anilines is 1. The summed E-state index contributed by atoms with van der Waals surface area (Å²) in [5.41, 5.74) is 3.26. The lowest BCUT2D eigenvalue weighted by atomic mass is 10.2. The van der Waals surface area contributed by atoms with Crippen molar-refractivity contribution < 1.29 is 9.21 Å². The molecule has 0 spiro atoms. The molecule has 4 rings (SSSR count). The van der Waals surface area contributed by atoms with Gasteiger partial charge in [0, 0.05) is 17.0 Å². The maximum Gasteiger partial charge on any atom is 0.291 e. The van der Waals surface area contributed by atoms with Gasteiger partial charge in [0.15, 0.2) is 5.76 Å². The number of amides is 1. The van der Waals surface area contributed by atoms with Crippen LogP contribution in [-0.4, -0.2) is 10.9 Å². The van der Waals surface area contributed by atoms with Crippen LogP contribution in [-0.2, 0) is 0 Å². The van der Waals surface area contributed by atoms with Crippen LogP contribution < -0.4 is 5.32 Å². The molecule has 0 fully saturated rings. The van der Waals surface area contributed by atoms with Gasteiger partial charge in [0.2, 0.25) is 0 Å². The lowest BCUT2D eigenvalue weighted by molar-refractivity contribution is 0.0999. The molecule has 23 heavy (non-hydrogen) atoms. The highest BCUT2D eigenvalue weighted by Crippen LogP contribution is 2.24. The van der Waals surface area contributed by atoms with Gasteiger partial charge in [-0.2, -0.15) is 0 Å². The molecule has 0 saturated heterocycles. The van der Waals surface area contributed by atoms with E-state index < -0.39 is 0 Å². The van der Waals surface area contributed by atoms with Crippen LogP contribution in [0.2, 0.25) is 0 Å². The molecule has 0 aliphatic carbocycles. The number of nitrogens with one attached hydrogen (secondary N) is 1. The topological polar surface area (TPSA) is 55.1 Å². The van der Waals surface area contributed by atoms with Crippen LogP contribution in [0.15, 0.2) is 65.2 Å². The van der Waals surface area contributed by atoms with Gasteiger partial charge in [-0.1, -0.05) is 29.8 Å². The number of aryl methyl sites for hydroxylation is 1. The Morgan fingerprint density at radius 3 is 2.83 bits per heavy atom. The van der Waals surface area contributed by atoms with Gasteiger partial charge in [-0.3, -0.25) is 9.78 Å². The van der Waals surface area contributed by atoms with Crippen molar-refractivity contribution in [2.24, 2.45) is 0 Å². The fourth-order valence-electron chi connectivity index (χ4n) is 2.66. The normalized spacial score (nSPS) is 11.0. The molecule has 0 bridgehead atoms. The number of aromatic nitrogens is 1. The molecule has 4 nitrogen and oxygen atoms in total. The zero-order valence-electron chi connectivity index (χ0n) is 12.5. The second kappa shape index (κ2) is 5.25. The molecule has 0 radical (unpaired) electrons. The Bertz CT molecular complexity index is 1030. The van der Waals surface area contributed by atoms with Crippen molar-refractivity contribution in [3.63, 3.8) is 0 Å². The average Bonchev–Trinajstić information content (AvgIpc) is 2.98. The third-order valence-corrected chi connectivity index (χ3v) is 3.78. The molecule has 1 amide bonds. The van der Waals surface area contributed by atoms with Crippen LogP contribution >= 0.6 is 0 Å². The standard InChI is InChI=1S/C19H14N2O2/c1-12-7-8-16-14(10-12)11-17(23-16)19(22)21-15-6-2-4-13-5-3-9-20-18(13)15/h2-11H,1H3,(H,21,22). The molecule has 4 heteroatoms. The monoisotopic (exact) mass is 302 g/mol. The number of nitrogens with zero attached hydrogens (tertiary/aromatic N) is 1. The predicted molar refractivity (Wildman–Crippen MR) is 90.6 cm³/mol. The van der Waals surface area contributed by atoms with E-state index in [4.69, 9.17) is 4.42 Å². The summed E-state index contributed by atoms with van der Waals surface area (Å²) in [6, 6.07) is 17.1. The highest BCUT2D eigenvalue weighted by atomic mass is 16.3. The summed E-state index contributed by atoms with van der Waals surface area (Å²) >= 11 is 0. The van der Waals surface area contributed by atoms with E-state index in [-0.39, 0.29) is 5.91 Å². The summed E-state index contributed by atoms with van der Waals surface area (Å²) in [6.45, 7) is 2.01. The highest BCUT2D eigenvalue weighted by molar-refractivity contribution is 6.08. The van der Waals surface area contributed by atoms with E-state index in [1.807, 2.05) is 55.5 Å². The minimum Gasteiger partial charge on any atom is -0.451 e. The van der Waals surface area contributed by atoms with E-state index >= 15 is 0 Å². The third-order valence-electron chi connectivity index (χ3n) is 3.78. The molecule has 2 aromatic carbocycles. The highest BCUT2D eigenvalue weighted by Gasteiger charge is 2.14. The predicted octanol–water partition coefficient (Wildman–Crippen LogP) is 4.54. The molecule has 0 atom stereocenters. The van der Waals surface area contributed by atoms with Crippen LogP contribution in [0.25, 0.3) is 21.9 Å². The Kier molecular flexibility index (Phi) is 3.08. The number of para-hydroxylation sites is 1. The smallest absolute Gasteiger partial charge is 0.291 e. The molecule has 2 heterocycles. The van der Waals surface area contributed by atoms with E-state index in [1.54, 1.807) is 12.3 Å². The van der Waals surface area contributed by atoms with E-state index in [0.29, 0.717) is 17.0 Å². The first kappa shape index (κ1) is 13.5. The van der Waals surface area contributed by atoms with Crippen molar-refractivity contribution >= 4 is 33.5 Å². The summed E-state index contributed by atoms with van der Waals surface area (Å²) in [7, 11) is 0. The van der Waals surface area contributed by atoms with E-state index in [1.165, 1.54) is 0 Å². The molecule has 0 saturated carbocycles. The summed E-state index contributed by atoms with van der Waals surface area (Å²) in [4.78, 5) is 16.8. The van der Waals surface area contributed by atoms with Gasteiger partial charge in [-0.25, -0.2) is 0 Å². The first-order valence-electron chi connectivity index (χ1n) is 7.36. The van der Waals surface area contributed by atoms with Crippen LogP contribution in [0.3, 0.4) is 0 Å². The van der Waals surface area contributed by atoms with E-state index in [9.17, 15) is 4.79 Å². The number of furan rings is 1. The van der Waals surface area contributed by atoms with Crippen molar-refractivity contribution in [3.05, 3.63) is 72.1 Å². The first-order chi connectivity index (χ1) is 11.2. The minimum absolute atomic E-state index is 0.281. The number of carbonyl (C=O) groups is 1. The fourth-order valence-corrected chi connectivity index (χ4v) is 2.66. The SMILES string of the molecule is Cc1ccc2oc(C(=O)Nc3cccc4cccnc34)cc2c1. The quantitative estimate of drug-likeness (QED) is 0.591. The zero-order valence-corrected chi connectivity index (χ0v) is 12.5. The summed E-state index contributed by atoms with van der Waals surface area (Å²) in [5.74, 6) is 0.00976. The summed E-state index contributed by atoms with van der Waals surface area (Å²) in [6.07, 6.45) is 1.71. The van der Waals surface area contributed by atoms with Crippen molar-refractivity contribution in [2.75, 3.05) is 5.32 Å². The molecule has 1 N–H and O–H groups in total. The lowest BCUT2D eigenvalue weighted by Crippen LogP contribution is -2.11. The van der Waals surface area contributed by atoms with Crippen LogP contribution in [0, 0.1) is 6.92 Å². The molecule has 0 aliphatic heterocycles. The largest absolute Gasteiger partial charge is 0.451 e. The molecular formula is C19H14N2O2. The minimum atomic E-state index is -0.281. The van der Waals surface area contributed by atoms with Gasteiger partial charge >= 0.3 is 0 Å². The average molecular weight is 302 g/mol. The maximum absolute atomic E-state index is 12.5. The second-order valence-electron chi connectivity index (χ2n) is 5.49.